The number of aromatic nitrogens is 3. The fraction of sp³-hybridized carbons (Fsp3) is 0. The Kier molecular flexibility index (Phi) is 5.68. The first-order valence-electron chi connectivity index (χ1n) is 19.1. The third-order valence-electron chi connectivity index (χ3n) is 12.2. The molecule has 13 rings (SSSR count). The number of nitrogens with zero attached hydrogens (tertiary/aromatic N) is 4. The van der Waals surface area contributed by atoms with E-state index in [-0.39, 0.29) is 6.85 Å². The molecule has 0 atom stereocenters. The summed E-state index contributed by atoms with van der Waals surface area (Å²) in [5.74, 6) is 0. The van der Waals surface area contributed by atoms with Crippen LogP contribution in [0.4, 0.5) is 17.1 Å². The zero-order valence-electron chi connectivity index (χ0n) is 29.8. The number of benzene rings is 8. The van der Waals surface area contributed by atoms with Gasteiger partial charge >= 0.3 is 6.85 Å². The predicted octanol–water partition coefficient (Wildman–Crippen LogP) is 11.3. The van der Waals surface area contributed by atoms with Gasteiger partial charge in [0.1, 0.15) is 0 Å². The van der Waals surface area contributed by atoms with Crippen molar-refractivity contribution >= 4 is 89.5 Å². The van der Waals surface area contributed by atoms with Crippen molar-refractivity contribution in [2.45, 2.75) is 0 Å². The molecule has 0 spiro atoms. The third kappa shape index (κ3) is 3.67. The number of hydrogen-bond acceptors (Lipinski definition) is 1. The first kappa shape index (κ1) is 29.2. The van der Waals surface area contributed by atoms with Crippen molar-refractivity contribution in [2.75, 3.05) is 4.90 Å². The number of anilines is 3. The third-order valence-corrected chi connectivity index (χ3v) is 12.2. The van der Waals surface area contributed by atoms with Gasteiger partial charge in [0.25, 0.3) is 0 Å². The number of para-hydroxylation sites is 6. The standard InChI is InChI=1S/C50H31BN4/c1-4-17-32(18-5-1)52-41-27-13-10-23-35(41)39-31-40-36-26-16-30-44-46(36)51(55-43-29-15-11-24-37(43)45(47(39)52)48(40)55)50-49(53(44)33-19-6-2-7-20-33)38-25-12-14-28-42(38)54(50)34-21-8-3-9-22-34/h1-31H. The van der Waals surface area contributed by atoms with Gasteiger partial charge in [-0.3, -0.25) is 0 Å². The fourth-order valence-corrected chi connectivity index (χ4v) is 10.2. The van der Waals surface area contributed by atoms with Crippen LogP contribution in [0.5, 0.6) is 0 Å². The maximum atomic E-state index is 2.69. The first-order valence-corrected chi connectivity index (χ1v) is 19.1. The van der Waals surface area contributed by atoms with E-state index in [0.717, 1.165) is 11.4 Å². The molecule has 8 aromatic carbocycles. The van der Waals surface area contributed by atoms with Crippen LogP contribution in [-0.4, -0.2) is 20.5 Å². The van der Waals surface area contributed by atoms with Gasteiger partial charge in [0.15, 0.2) is 0 Å². The van der Waals surface area contributed by atoms with E-state index in [9.17, 15) is 0 Å². The molecule has 11 aromatic rings. The highest BCUT2D eigenvalue weighted by molar-refractivity contribution is 6.90. The predicted molar refractivity (Wildman–Crippen MR) is 231 cm³/mol. The summed E-state index contributed by atoms with van der Waals surface area (Å²) in [5.41, 5.74) is 17.3. The average Bonchev–Trinajstić information content (AvgIpc) is 3.90. The normalized spacial score (nSPS) is 13.0. The van der Waals surface area contributed by atoms with E-state index in [1.165, 1.54) is 93.8 Å². The molecule has 0 unspecified atom stereocenters. The van der Waals surface area contributed by atoms with Crippen molar-refractivity contribution in [2.24, 2.45) is 0 Å². The minimum atomic E-state index is -0.101. The molecule has 2 aliphatic rings. The first-order chi connectivity index (χ1) is 27.4. The van der Waals surface area contributed by atoms with Gasteiger partial charge in [-0.25, -0.2) is 0 Å². The summed E-state index contributed by atoms with van der Waals surface area (Å²) < 4.78 is 7.73. The number of hydrogen-bond donors (Lipinski definition) is 0. The van der Waals surface area contributed by atoms with Crippen LogP contribution in [0.15, 0.2) is 188 Å². The Bertz CT molecular complexity index is 3370. The molecule has 0 saturated heterocycles. The summed E-state index contributed by atoms with van der Waals surface area (Å²) in [5, 5.41) is 6.34. The van der Waals surface area contributed by atoms with E-state index in [1.54, 1.807) is 0 Å². The van der Waals surface area contributed by atoms with E-state index in [2.05, 4.69) is 207 Å². The van der Waals surface area contributed by atoms with E-state index in [1.807, 2.05) is 0 Å². The van der Waals surface area contributed by atoms with Gasteiger partial charge < -0.3 is 18.5 Å². The highest BCUT2D eigenvalue weighted by Crippen LogP contribution is 2.50. The average molecular weight is 699 g/mol. The van der Waals surface area contributed by atoms with E-state index < -0.39 is 0 Å². The Labute approximate surface area is 317 Å². The van der Waals surface area contributed by atoms with Crippen LogP contribution in [-0.2, 0) is 0 Å². The molecule has 254 valence electrons. The summed E-state index contributed by atoms with van der Waals surface area (Å²) in [4.78, 5) is 2.53. The molecule has 3 aromatic heterocycles. The van der Waals surface area contributed by atoms with Gasteiger partial charge in [-0.2, -0.15) is 0 Å². The van der Waals surface area contributed by atoms with Gasteiger partial charge in [0.05, 0.1) is 22.2 Å². The van der Waals surface area contributed by atoms with Crippen LogP contribution in [0.25, 0.3) is 77.0 Å². The van der Waals surface area contributed by atoms with Crippen molar-refractivity contribution < 1.29 is 0 Å². The Morgan fingerprint density at radius 2 is 0.945 bits per heavy atom. The zero-order chi connectivity index (χ0) is 35.8. The summed E-state index contributed by atoms with van der Waals surface area (Å²) >= 11 is 0. The van der Waals surface area contributed by atoms with E-state index in [0.29, 0.717) is 0 Å². The van der Waals surface area contributed by atoms with Crippen LogP contribution in [0, 0.1) is 0 Å². The van der Waals surface area contributed by atoms with Gasteiger partial charge in [-0.05, 0) is 77.8 Å². The lowest BCUT2D eigenvalue weighted by atomic mass is 9.47. The van der Waals surface area contributed by atoms with Crippen LogP contribution in [0.3, 0.4) is 0 Å². The van der Waals surface area contributed by atoms with Crippen molar-refractivity contribution in [3.05, 3.63) is 188 Å². The van der Waals surface area contributed by atoms with Gasteiger partial charge in [-0.15, -0.1) is 0 Å². The molecule has 0 aliphatic carbocycles. The highest BCUT2D eigenvalue weighted by atomic mass is 15.2. The summed E-state index contributed by atoms with van der Waals surface area (Å²) in [6, 6.07) is 69.2. The molecule has 5 heterocycles. The minimum absolute atomic E-state index is 0.101. The molecule has 0 saturated carbocycles. The van der Waals surface area contributed by atoms with Crippen LogP contribution in [0.1, 0.15) is 0 Å². The lowest BCUT2D eigenvalue weighted by Gasteiger charge is -2.39. The van der Waals surface area contributed by atoms with Crippen molar-refractivity contribution in [1.29, 1.82) is 0 Å². The molecular formula is C50H31BN4. The topological polar surface area (TPSA) is 18.0 Å². The van der Waals surface area contributed by atoms with Gasteiger partial charge in [0, 0.05) is 71.9 Å². The molecule has 0 fully saturated rings. The minimum Gasteiger partial charge on any atom is -0.374 e. The number of fused-ring (bicyclic) bond motifs is 13. The Morgan fingerprint density at radius 3 is 1.65 bits per heavy atom. The second kappa shape index (κ2) is 10.7. The van der Waals surface area contributed by atoms with E-state index >= 15 is 0 Å². The second-order valence-corrected chi connectivity index (χ2v) is 14.9. The van der Waals surface area contributed by atoms with Crippen molar-refractivity contribution in [3.8, 4) is 22.5 Å². The molecule has 4 nitrogen and oxygen atoms in total. The Balaban J connectivity index is 1.28. The Hall–Kier alpha value is -7.24. The SMILES string of the molecule is c1ccc(N2c3cccc4c3B(c3c2c2ccccc2n3-c2ccccc2)n2c3ccccc3c3c2c-4cc2c4ccccc4n(-c4ccccc4)c23)cc1. The van der Waals surface area contributed by atoms with E-state index in [4.69, 9.17) is 0 Å². The largest absolute Gasteiger partial charge is 0.374 e. The molecule has 55 heavy (non-hydrogen) atoms. The Morgan fingerprint density at radius 1 is 0.382 bits per heavy atom. The van der Waals surface area contributed by atoms with Crippen LogP contribution < -0.4 is 16.0 Å². The molecule has 2 aliphatic heterocycles. The van der Waals surface area contributed by atoms with Crippen LogP contribution >= 0.6 is 0 Å². The van der Waals surface area contributed by atoms with Crippen molar-refractivity contribution in [3.63, 3.8) is 0 Å². The monoisotopic (exact) mass is 698 g/mol. The molecule has 0 amide bonds. The lowest BCUT2D eigenvalue weighted by Crippen LogP contribution is -2.58. The summed E-state index contributed by atoms with van der Waals surface area (Å²) in [6.45, 7) is -0.101. The quantitative estimate of drug-likeness (QED) is 0.168. The maximum Gasteiger partial charge on any atom is 0.351 e. The summed E-state index contributed by atoms with van der Waals surface area (Å²) in [6.07, 6.45) is 0. The van der Waals surface area contributed by atoms with Gasteiger partial charge in [0.2, 0.25) is 0 Å². The fourth-order valence-electron chi connectivity index (χ4n) is 10.2. The highest BCUT2D eigenvalue weighted by Gasteiger charge is 2.46. The lowest BCUT2D eigenvalue weighted by molar-refractivity contribution is 1.14. The molecule has 5 heteroatoms. The number of rotatable bonds is 3. The molecule has 0 N–H and O–H groups in total. The molecular weight excluding hydrogens is 667 g/mol. The van der Waals surface area contributed by atoms with Crippen molar-refractivity contribution in [1.82, 2.24) is 13.6 Å². The second-order valence-electron chi connectivity index (χ2n) is 14.9. The molecule has 0 bridgehead atoms. The molecule has 0 radical (unpaired) electrons. The maximum absolute atomic E-state index is 2.69. The van der Waals surface area contributed by atoms with Gasteiger partial charge in [-0.1, -0.05) is 121 Å². The smallest absolute Gasteiger partial charge is 0.351 e. The van der Waals surface area contributed by atoms with Crippen LogP contribution in [0.2, 0.25) is 0 Å². The zero-order valence-corrected chi connectivity index (χ0v) is 29.8. The summed E-state index contributed by atoms with van der Waals surface area (Å²) in [7, 11) is 0.